The van der Waals surface area contributed by atoms with E-state index in [0.29, 0.717) is 17.4 Å². The number of hydrogen-bond acceptors (Lipinski definition) is 5. The number of carbonyl (C=O) groups excluding carboxylic acids is 1. The highest BCUT2D eigenvalue weighted by molar-refractivity contribution is 8.00. The highest BCUT2D eigenvalue weighted by Crippen LogP contribution is 2.21. The van der Waals surface area contributed by atoms with E-state index in [1.165, 1.54) is 24.3 Å². The maximum Gasteiger partial charge on any atom is 0.269 e. The van der Waals surface area contributed by atoms with Crippen LogP contribution in [0.4, 0.5) is 5.69 Å². The third kappa shape index (κ3) is 3.80. The lowest BCUT2D eigenvalue weighted by atomic mass is 10.1. The van der Waals surface area contributed by atoms with Crippen molar-refractivity contribution in [2.45, 2.75) is 18.6 Å². The van der Waals surface area contributed by atoms with Crippen molar-refractivity contribution >= 4 is 23.2 Å². The fourth-order valence-corrected chi connectivity index (χ4v) is 3.48. The van der Waals surface area contributed by atoms with E-state index < -0.39 is 4.92 Å². The molecule has 1 aliphatic heterocycles. The van der Waals surface area contributed by atoms with Crippen molar-refractivity contribution in [3.8, 4) is 0 Å². The summed E-state index contributed by atoms with van der Waals surface area (Å²) in [5, 5.41) is 11.2. The van der Waals surface area contributed by atoms with Crippen LogP contribution in [0.2, 0.25) is 0 Å². The molecule has 1 atom stereocenters. The molecular formula is C14H18N2O3S. The smallest absolute Gasteiger partial charge is 0.269 e. The van der Waals surface area contributed by atoms with Gasteiger partial charge in [0, 0.05) is 41.8 Å². The summed E-state index contributed by atoms with van der Waals surface area (Å²) >= 11 is 1.97. The predicted octanol–water partition coefficient (Wildman–Crippen LogP) is 2.60. The zero-order chi connectivity index (χ0) is 14.5. The van der Waals surface area contributed by atoms with Gasteiger partial charge in [0.2, 0.25) is 0 Å². The SMILES string of the molecule is CCC1CN(CC(=O)c2ccc([N+](=O)[O-])cc2)CCS1. The van der Waals surface area contributed by atoms with E-state index in [1.807, 2.05) is 11.8 Å². The van der Waals surface area contributed by atoms with Crippen molar-refractivity contribution in [3.63, 3.8) is 0 Å². The van der Waals surface area contributed by atoms with Crippen molar-refractivity contribution in [2.24, 2.45) is 0 Å². The van der Waals surface area contributed by atoms with Gasteiger partial charge in [-0.3, -0.25) is 19.8 Å². The van der Waals surface area contributed by atoms with Crippen LogP contribution in [0, 0.1) is 10.1 Å². The van der Waals surface area contributed by atoms with Gasteiger partial charge in [-0.2, -0.15) is 11.8 Å². The predicted molar refractivity (Wildman–Crippen MR) is 80.4 cm³/mol. The second-order valence-corrected chi connectivity index (χ2v) is 6.27. The Hall–Kier alpha value is -1.40. The van der Waals surface area contributed by atoms with Gasteiger partial charge in [-0.1, -0.05) is 6.92 Å². The molecule has 1 saturated heterocycles. The quantitative estimate of drug-likeness (QED) is 0.474. The molecule has 0 radical (unpaired) electrons. The van der Waals surface area contributed by atoms with Gasteiger partial charge in [0.25, 0.3) is 5.69 Å². The summed E-state index contributed by atoms with van der Waals surface area (Å²) in [5.74, 6) is 1.09. The fourth-order valence-electron chi connectivity index (χ4n) is 2.23. The average molecular weight is 294 g/mol. The van der Waals surface area contributed by atoms with Crippen LogP contribution in [0.25, 0.3) is 0 Å². The zero-order valence-electron chi connectivity index (χ0n) is 11.4. The number of ketones is 1. The minimum atomic E-state index is -0.456. The highest BCUT2D eigenvalue weighted by Gasteiger charge is 2.21. The van der Waals surface area contributed by atoms with Crippen molar-refractivity contribution in [3.05, 3.63) is 39.9 Å². The van der Waals surface area contributed by atoms with Gasteiger partial charge in [0.1, 0.15) is 0 Å². The number of thioether (sulfide) groups is 1. The van der Waals surface area contributed by atoms with Gasteiger partial charge in [0.15, 0.2) is 5.78 Å². The molecule has 108 valence electrons. The second kappa shape index (κ2) is 6.85. The van der Waals surface area contributed by atoms with Crippen molar-refractivity contribution in [2.75, 3.05) is 25.4 Å². The molecule has 1 aromatic rings. The third-order valence-electron chi connectivity index (χ3n) is 3.45. The van der Waals surface area contributed by atoms with Crippen LogP contribution in [0.15, 0.2) is 24.3 Å². The normalized spacial score (nSPS) is 19.8. The monoisotopic (exact) mass is 294 g/mol. The topological polar surface area (TPSA) is 63.5 Å². The summed E-state index contributed by atoms with van der Waals surface area (Å²) in [5.41, 5.74) is 0.559. The Kier molecular flexibility index (Phi) is 5.14. The van der Waals surface area contributed by atoms with Crippen LogP contribution in [0.5, 0.6) is 0 Å². The van der Waals surface area contributed by atoms with Gasteiger partial charge in [-0.25, -0.2) is 0 Å². The van der Waals surface area contributed by atoms with Crippen LogP contribution >= 0.6 is 11.8 Å². The lowest BCUT2D eigenvalue weighted by Gasteiger charge is -2.31. The number of hydrogen-bond donors (Lipinski definition) is 0. The van der Waals surface area contributed by atoms with Gasteiger partial charge in [-0.15, -0.1) is 0 Å². The number of nitrogens with zero attached hydrogens (tertiary/aromatic N) is 2. The summed E-state index contributed by atoms with van der Waals surface area (Å²) in [4.78, 5) is 24.5. The number of nitro groups is 1. The van der Waals surface area contributed by atoms with E-state index in [9.17, 15) is 14.9 Å². The molecule has 0 N–H and O–H groups in total. The van der Waals surface area contributed by atoms with Crippen LogP contribution in [0.1, 0.15) is 23.7 Å². The molecule has 0 aromatic heterocycles. The standard InChI is InChI=1S/C14H18N2O3S/c1-2-13-9-15(7-8-20-13)10-14(17)11-3-5-12(6-4-11)16(18)19/h3-6,13H,2,7-10H2,1H3. The van der Waals surface area contributed by atoms with Crippen LogP contribution < -0.4 is 0 Å². The maximum atomic E-state index is 12.2. The van der Waals surface area contributed by atoms with Gasteiger partial charge in [0.05, 0.1) is 11.5 Å². The molecule has 0 amide bonds. The molecule has 20 heavy (non-hydrogen) atoms. The number of nitro benzene ring substituents is 1. The molecule has 1 fully saturated rings. The molecule has 5 nitrogen and oxygen atoms in total. The number of non-ortho nitro benzene ring substituents is 1. The zero-order valence-corrected chi connectivity index (χ0v) is 12.3. The fraction of sp³-hybridized carbons (Fsp3) is 0.500. The van der Waals surface area contributed by atoms with Crippen LogP contribution in [-0.4, -0.2) is 46.2 Å². The Balaban J connectivity index is 1.95. The molecule has 0 bridgehead atoms. The molecule has 6 heteroatoms. The Bertz CT molecular complexity index is 490. The van der Waals surface area contributed by atoms with Gasteiger partial charge in [-0.05, 0) is 18.6 Å². The molecule has 0 spiro atoms. The Morgan fingerprint density at radius 2 is 2.15 bits per heavy atom. The molecule has 0 aliphatic carbocycles. The van der Waals surface area contributed by atoms with E-state index in [-0.39, 0.29) is 11.5 Å². The minimum absolute atomic E-state index is 0.0157. The summed E-state index contributed by atoms with van der Waals surface area (Å²) in [6, 6.07) is 5.84. The Labute approximate surface area is 122 Å². The average Bonchev–Trinajstić information content (AvgIpc) is 2.47. The van der Waals surface area contributed by atoms with E-state index >= 15 is 0 Å². The molecule has 0 saturated carbocycles. The summed E-state index contributed by atoms with van der Waals surface area (Å²) < 4.78 is 0. The molecule has 1 aliphatic rings. The van der Waals surface area contributed by atoms with Crippen LogP contribution in [0.3, 0.4) is 0 Å². The lowest BCUT2D eigenvalue weighted by molar-refractivity contribution is -0.384. The summed E-state index contributed by atoms with van der Waals surface area (Å²) in [7, 11) is 0. The maximum absolute atomic E-state index is 12.2. The van der Waals surface area contributed by atoms with E-state index in [4.69, 9.17) is 0 Å². The van der Waals surface area contributed by atoms with E-state index in [1.54, 1.807) is 0 Å². The first-order valence-electron chi connectivity index (χ1n) is 6.71. The number of benzene rings is 1. The largest absolute Gasteiger partial charge is 0.294 e. The molecule has 1 heterocycles. The molecule has 1 aromatic carbocycles. The summed E-state index contributed by atoms with van der Waals surface area (Å²) in [6.45, 7) is 4.44. The second-order valence-electron chi connectivity index (χ2n) is 4.86. The number of Topliss-reactive ketones (excluding diaryl/α,β-unsaturated/α-hetero) is 1. The number of rotatable bonds is 5. The van der Waals surface area contributed by atoms with Crippen molar-refractivity contribution in [1.82, 2.24) is 4.90 Å². The number of carbonyl (C=O) groups is 1. The summed E-state index contributed by atoms with van der Waals surface area (Å²) in [6.07, 6.45) is 1.12. The minimum Gasteiger partial charge on any atom is -0.294 e. The van der Waals surface area contributed by atoms with Gasteiger partial charge >= 0.3 is 0 Å². The van der Waals surface area contributed by atoms with Crippen LogP contribution in [-0.2, 0) is 0 Å². The first kappa shape index (κ1) is 15.0. The van der Waals surface area contributed by atoms with Crippen molar-refractivity contribution < 1.29 is 9.72 Å². The first-order valence-corrected chi connectivity index (χ1v) is 7.76. The van der Waals surface area contributed by atoms with Gasteiger partial charge < -0.3 is 0 Å². The molecule has 1 unspecified atom stereocenters. The Morgan fingerprint density at radius 1 is 1.45 bits per heavy atom. The van der Waals surface area contributed by atoms with E-state index in [0.717, 1.165) is 25.3 Å². The highest BCUT2D eigenvalue weighted by atomic mass is 32.2. The molecule has 2 rings (SSSR count). The molecular weight excluding hydrogens is 276 g/mol. The van der Waals surface area contributed by atoms with Crippen molar-refractivity contribution in [1.29, 1.82) is 0 Å². The first-order chi connectivity index (χ1) is 9.60. The third-order valence-corrected chi connectivity index (χ3v) is 4.82. The lowest BCUT2D eigenvalue weighted by Crippen LogP contribution is -2.40. The Morgan fingerprint density at radius 3 is 2.75 bits per heavy atom. The van der Waals surface area contributed by atoms with E-state index in [2.05, 4.69) is 11.8 Å².